The molecule has 0 fully saturated rings. The van der Waals surface area contributed by atoms with Crippen LogP contribution < -0.4 is 11.1 Å². The van der Waals surface area contributed by atoms with Gasteiger partial charge < -0.3 is 19.7 Å². The Labute approximate surface area is 155 Å². The third-order valence-corrected chi connectivity index (χ3v) is 4.93. The van der Waals surface area contributed by atoms with E-state index in [0.29, 0.717) is 17.5 Å². The molecule has 27 heavy (non-hydrogen) atoms. The molecule has 3 rings (SSSR count). The minimum atomic E-state index is -0.968. The number of fused-ring (bicyclic) bond motifs is 1. The first-order chi connectivity index (χ1) is 12.9. The van der Waals surface area contributed by atoms with Crippen LogP contribution in [0.2, 0.25) is 0 Å². The normalized spacial score (nSPS) is 13.4. The van der Waals surface area contributed by atoms with Crippen molar-refractivity contribution in [2.75, 3.05) is 6.61 Å². The van der Waals surface area contributed by atoms with Crippen molar-refractivity contribution >= 4 is 17.0 Å². The molecule has 3 N–H and O–H groups in total. The minimum Gasteiger partial charge on any atom is -0.465 e. The van der Waals surface area contributed by atoms with Gasteiger partial charge in [-0.2, -0.15) is 0 Å². The zero-order valence-corrected chi connectivity index (χ0v) is 15.6. The summed E-state index contributed by atoms with van der Waals surface area (Å²) in [7, 11) is 0. The Hall–Kier alpha value is -3.09. The summed E-state index contributed by atoms with van der Waals surface area (Å²) in [5.41, 5.74) is 1.23. The van der Waals surface area contributed by atoms with Crippen molar-refractivity contribution in [1.29, 1.82) is 0 Å². The predicted molar refractivity (Wildman–Crippen MR) is 103 cm³/mol. The Balaban J connectivity index is 2.23. The summed E-state index contributed by atoms with van der Waals surface area (Å²) in [4.78, 5) is 44.8. The highest BCUT2D eigenvalue weighted by Crippen LogP contribution is 2.32. The average molecular weight is 369 g/mol. The maximum absolute atomic E-state index is 12.9. The van der Waals surface area contributed by atoms with Crippen molar-refractivity contribution in [2.45, 2.75) is 39.0 Å². The van der Waals surface area contributed by atoms with Crippen LogP contribution in [-0.4, -0.2) is 27.5 Å². The molecule has 1 unspecified atom stereocenters. The first-order valence-corrected chi connectivity index (χ1v) is 8.98. The topological polar surface area (TPSA) is 108 Å². The number of ether oxygens (including phenoxy) is 1. The van der Waals surface area contributed by atoms with E-state index in [2.05, 4.69) is 15.0 Å². The highest BCUT2D eigenvalue weighted by atomic mass is 16.5. The maximum atomic E-state index is 12.9. The third kappa shape index (κ3) is 3.32. The van der Waals surface area contributed by atoms with E-state index in [1.807, 2.05) is 32.0 Å². The van der Waals surface area contributed by atoms with Crippen LogP contribution in [-0.2, 0) is 27.8 Å². The number of aromatic amines is 3. The molecule has 0 saturated carbocycles. The lowest BCUT2D eigenvalue weighted by Gasteiger charge is -2.28. The first kappa shape index (κ1) is 18.7. The molecule has 0 saturated heterocycles. The van der Waals surface area contributed by atoms with Gasteiger partial charge in [-0.3, -0.25) is 14.4 Å². The van der Waals surface area contributed by atoms with E-state index in [4.69, 9.17) is 4.74 Å². The van der Waals surface area contributed by atoms with E-state index in [1.165, 1.54) is 0 Å². The van der Waals surface area contributed by atoms with Crippen molar-refractivity contribution in [1.82, 2.24) is 15.0 Å². The van der Waals surface area contributed by atoms with Gasteiger partial charge in [0.2, 0.25) is 0 Å². The summed E-state index contributed by atoms with van der Waals surface area (Å²) < 4.78 is 5.34. The Kier molecular flexibility index (Phi) is 5.03. The lowest BCUT2D eigenvalue weighted by molar-refractivity contribution is -0.149. The molecule has 7 heteroatoms. The lowest BCUT2D eigenvalue weighted by atomic mass is 9.78. The molecule has 1 atom stereocenters. The van der Waals surface area contributed by atoms with Crippen molar-refractivity contribution in [3.05, 3.63) is 68.0 Å². The molecule has 1 aromatic carbocycles. The Morgan fingerprint density at radius 2 is 1.85 bits per heavy atom. The summed E-state index contributed by atoms with van der Waals surface area (Å²) in [6, 6.07) is 7.35. The molecule has 0 radical (unpaired) electrons. The van der Waals surface area contributed by atoms with E-state index in [-0.39, 0.29) is 12.6 Å². The molecule has 7 nitrogen and oxygen atoms in total. The fourth-order valence-corrected chi connectivity index (χ4v) is 3.42. The Morgan fingerprint density at radius 3 is 2.48 bits per heavy atom. The third-order valence-electron chi connectivity index (χ3n) is 4.93. The Bertz CT molecular complexity index is 1080. The first-order valence-electron chi connectivity index (χ1n) is 8.98. The summed E-state index contributed by atoms with van der Waals surface area (Å²) in [5, 5.41) is 0. The van der Waals surface area contributed by atoms with Crippen LogP contribution in [0, 0.1) is 0 Å². The number of aryl methyl sites for hydroxylation is 1. The fraction of sp³-hybridized carbons (Fsp3) is 0.350. The molecule has 0 bridgehead atoms. The second-order valence-corrected chi connectivity index (χ2v) is 6.70. The molecule has 0 aliphatic carbocycles. The molecule has 0 amide bonds. The van der Waals surface area contributed by atoms with E-state index < -0.39 is 16.5 Å². The number of aromatic nitrogens is 3. The van der Waals surface area contributed by atoms with Crippen molar-refractivity contribution < 1.29 is 9.53 Å². The zero-order valence-electron chi connectivity index (χ0n) is 15.6. The number of hydrogen-bond donors (Lipinski definition) is 3. The van der Waals surface area contributed by atoms with Gasteiger partial charge >= 0.3 is 17.1 Å². The van der Waals surface area contributed by atoms with E-state index in [0.717, 1.165) is 23.2 Å². The van der Waals surface area contributed by atoms with E-state index in [1.54, 1.807) is 19.2 Å². The number of H-pyrrole nitrogens is 3. The summed E-state index contributed by atoms with van der Waals surface area (Å²) in [6.07, 6.45) is 2.79. The summed E-state index contributed by atoms with van der Waals surface area (Å²) in [5.74, 6) is -0.349. The van der Waals surface area contributed by atoms with Gasteiger partial charge in [0.25, 0.3) is 0 Å². The number of benzene rings is 1. The summed E-state index contributed by atoms with van der Waals surface area (Å²) >= 11 is 0. The minimum absolute atomic E-state index is 0.273. The van der Waals surface area contributed by atoms with Crippen molar-refractivity contribution in [3.63, 3.8) is 0 Å². The van der Waals surface area contributed by atoms with Crippen LogP contribution >= 0.6 is 0 Å². The van der Waals surface area contributed by atoms with Gasteiger partial charge in [-0.05, 0) is 56.0 Å². The smallest absolute Gasteiger partial charge is 0.318 e. The predicted octanol–water partition coefficient (Wildman–Crippen LogP) is 2.17. The maximum Gasteiger partial charge on any atom is 0.318 e. The van der Waals surface area contributed by atoms with Crippen LogP contribution in [0.5, 0.6) is 0 Å². The van der Waals surface area contributed by atoms with Crippen LogP contribution in [0.4, 0.5) is 0 Å². The van der Waals surface area contributed by atoms with Crippen LogP contribution in [0.3, 0.4) is 0 Å². The molecule has 3 aromatic rings. The highest BCUT2D eigenvalue weighted by Gasteiger charge is 2.39. The number of nitrogens with one attached hydrogen (secondary N) is 3. The average Bonchev–Trinajstić information content (AvgIpc) is 3.19. The second-order valence-electron chi connectivity index (χ2n) is 6.70. The highest BCUT2D eigenvalue weighted by molar-refractivity contribution is 5.85. The van der Waals surface area contributed by atoms with Crippen LogP contribution in [0.25, 0.3) is 11.0 Å². The molecule has 0 spiro atoms. The van der Waals surface area contributed by atoms with Crippen molar-refractivity contribution in [2.24, 2.45) is 0 Å². The van der Waals surface area contributed by atoms with E-state index in [9.17, 15) is 14.4 Å². The quantitative estimate of drug-likeness (QED) is 0.457. The number of esters is 1. The standard InChI is InChI=1S/C20H23N3O4/c1-4-12-8-9-14-16(23-18(25)17(24)22-14)13(12)11-20(3,19(26)27-5-2)15-7-6-10-21-15/h6-10,21H,4-5,11H2,1-3H3,(H,22,24)(H,23,25). The lowest BCUT2D eigenvalue weighted by Crippen LogP contribution is -2.38. The molecule has 142 valence electrons. The SMILES string of the molecule is CCOC(=O)C(C)(Cc1c(CC)ccc2[nH]c(=O)c(=O)[nH]c12)c1ccc[nH]1. The van der Waals surface area contributed by atoms with Crippen molar-refractivity contribution in [3.8, 4) is 0 Å². The number of carbonyl (C=O) groups is 1. The van der Waals surface area contributed by atoms with Gasteiger partial charge in [-0.15, -0.1) is 0 Å². The molecule has 2 aromatic heterocycles. The fourth-order valence-electron chi connectivity index (χ4n) is 3.42. The zero-order chi connectivity index (χ0) is 19.6. The van der Waals surface area contributed by atoms with Gasteiger partial charge in [-0.25, -0.2) is 0 Å². The second kappa shape index (κ2) is 7.26. The molecular formula is C20H23N3O4. The largest absolute Gasteiger partial charge is 0.465 e. The molecular weight excluding hydrogens is 346 g/mol. The van der Waals surface area contributed by atoms with Gasteiger partial charge in [0.05, 0.1) is 17.6 Å². The van der Waals surface area contributed by atoms with Gasteiger partial charge in [0, 0.05) is 11.9 Å². The van der Waals surface area contributed by atoms with Crippen LogP contribution in [0.1, 0.15) is 37.6 Å². The van der Waals surface area contributed by atoms with Gasteiger partial charge in [-0.1, -0.05) is 13.0 Å². The Morgan fingerprint density at radius 1 is 1.11 bits per heavy atom. The van der Waals surface area contributed by atoms with Crippen LogP contribution in [0.15, 0.2) is 40.1 Å². The van der Waals surface area contributed by atoms with E-state index >= 15 is 0 Å². The number of rotatable bonds is 6. The number of carbonyl (C=O) groups excluding carboxylic acids is 1. The monoisotopic (exact) mass is 369 g/mol. The van der Waals surface area contributed by atoms with Gasteiger partial charge in [0.15, 0.2) is 0 Å². The molecule has 2 heterocycles. The molecule has 0 aliphatic heterocycles. The van der Waals surface area contributed by atoms with Gasteiger partial charge in [0.1, 0.15) is 5.41 Å². The molecule has 0 aliphatic rings. The summed E-state index contributed by atoms with van der Waals surface area (Å²) in [6.45, 7) is 5.86. The number of hydrogen-bond acceptors (Lipinski definition) is 4.